The van der Waals surface area contributed by atoms with Gasteiger partial charge in [0.2, 0.25) is 17.0 Å². The summed E-state index contributed by atoms with van der Waals surface area (Å²) in [4.78, 5) is 24.9. The number of carbonyl (C=O) groups is 1. The highest BCUT2D eigenvalue weighted by Crippen LogP contribution is 2.25. The summed E-state index contributed by atoms with van der Waals surface area (Å²) in [6, 6.07) is 1.80. The van der Waals surface area contributed by atoms with Crippen molar-refractivity contribution < 1.29 is 4.79 Å². The van der Waals surface area contributed by atoms with E-state index in [1.54, 1.807) is 18.5 Å². The summed E-state index contributed by atoms with van der Waals surface area (Å²) in [5.41, 5.74) is 0. The highest BCUT2D eigenvalue weighted by atomic mass is 32.2. The molecule has 0 bridgehead atoms. The highest BCUT2D eigenvalue weighted by molar-refractivity contribution is 8.01. The summed E-state index contributed by atoms with van der Waals surface area (Å²) in [5.74, 6) is 1.26. The Morgan fingerprint density at radius 1 is 1.24 bits per heavy atom. The first-order valence-electron chi connectivity index (χ1n) is 8.26. The van der Waals surface area contributed by atoms with E-state index >= 15 is 0 Å². The van der Waals surface area contributed by atoms with Gasteiger partial charge in [0, 0.05) is 45.1 Å². The molecule has 1 amide bonds. The SMILES string of the molecule is CCCNc1nnc(SCC(=O)N2CCN(c3ncccn3)CC2)s1. The van der Waals surface area contributed by atoms with Crippen LogP contribution in [-0.2, 0) is 4.79 Å². The maximum absolute atomic E-state index is 12.4. The number of aromatic nitrogens is 4. The van der Waals surface area contributed by atoms with Gasteiger partial charge in [0.25, 0.3) is 0 Å². The number of nitrogens with zero attached hydrogens (tertiary/aromatic N) is 6. The summed E-state index contributed by atoms with van der Waals surface area (Å²) in [7, 11) is 0. The molecule has 1 N–H and O–H groups in total. The lowest BCUT2D eigenvalue weighted by atomic mass is 10.3. The standard InChI is InChI=1S/C15H21N7OS2/c1-2-4-18-14-19-20-15(25-14)24-11-12(23)21-7-9-22(10-8-21)13-16-5-3-6-17-13/h3,5-6H,2,4,7-11H2,1H3,(H,18,19). The summed E-state index contributed by atoms with van der Waals surface area (Å²) in [6.45, 7) is 5.88. The van der Waals surface area contributed by atoms with E-state index in [1.807, 2.05) is 4.90 Å². The van der Waals surface area contributed by atoms with Gasteiger partial charge in [-0.25, -0.2) is 9.97 Å². The van der Waals surface area contributed by atoms with E-state index in [1.165, 1.54) is 23.1 Å². The molecular formula is C15H21N7OS2. The van der Waals surface area contributed by atoms with E-state index in [0.717, 1.165) is 41.5 Å². The van der Waals surface area contributed by atoms with Crippen molar-refractivity contribution in [2.24, 2.45) is 0 Å². The topological polar surface area (TPSA) is 87.1 Å². The average molecular weight is 380 g/mol. The monoisotopic (exact) mass is 379 g/mol. The van der Waals surface area contributed by atoms with Gasteiger partial charge in [-0.3, -0.25) is 4.79 Å². The van der Waals surface area contributed by atoms with Crippen molar-refractivity contribution in [2.75, 3.05) is 48.7 Å². The van der Waals surface area contributed by atoms with E-state index in [0.29, 0.717) is 18.8 Å². The molecule has 0 radical (unpaired) electrons. The van der Waals surface area contributed by atoms with Crippen LogP contribution in [0, 0.1) is 0 Å². The molecule has 134 valence electrons. The zero-order chi connectivity index (χ0) is 17.5. The number of carbonyl (C=O) groups excluding carboxylic acids is 1. The molecule has 3 heterocycles. The summed E-state index contributed by atoms with van der Waals surface area (Å²) in [6.07, 6.45) is 4.52. The number of hydrogen-bond donors (Lipinski definition) is 1. The summed E-state index contributed by atoms with van der Waals surface area (Å²) in [5, 5.41) is 12.2. The van der Waals surface area contributed by atoms with Crippen molar-refractivity contribution in [1.29, 1.82) is 0 Å². The van der Waals surface area contributed by atoms with Gasteiger partial charge in [-0.15, -0.1) is 10.2 Å². The zero-order valence-corrected chi connectivity index (χ0v) is 15.7. The van der Waals surface area contributed by atoms with Crippen LogP contribution in [0.3, 0.4) is 0 Å². The van der Waals surface area contributed by atoms with E-state index in [-0.39, 0.29) is 5.91 Å². The molecule has 1 aliphatic rings. The third-order valence-electron chi connectivity index (χ3n) is 3.72. The molecular weight excluding hydrogens is 358 g/mol. The predicted octanol–water partition coefficient (Wildman–Crippen LogP) is 1.59. The van der Waals surface area contributed by atoms with Gasteiger partial charge in [0.15, 0.2) is 4.34 Å². The van der Waals surface area contributed by atoms with Crippen LogP contribution < -0.4 is 10.2 Å². The van der Waals surface area contributed by atoms with Crippen LogP contribution in [0.1, 0.15) is 13.3 Å². The van der Waals surface area contributed by atoms with Gasteiger partial charge in [-0.1, -0.05) is 30.0 Å². The maximum Gasteiger partial charge on any atom is 0.233 e. The number of nitrogens with one attached hydrogen (secondary N) is 1. The molecule has 1 aliphatic heterocycles. The first-order chi connectivity index (χ1) is 12.3. The van der Waals surface area contributed by atoms with Crippen molar-refractivity contribution in [2.45, 2.75) is 17.7 Å². The van der Waals surface area contributed by atoms with Crippen molar-refractivity contribution >= 4 is 40.1 Å². The molecule has 0 spiro atoms. The Balaban J connectivity index is 1.43. The third kappa shape index (κ3) is 5.02. The number of thioether (sulfide) groups is 1. The summed E-state index contributed by atoms with van der Waals surface area (Å²) < 4.78 is 0.822. The lowest BCUT2D eigenvalue weighted by Gasteiger charge is -2.34. The Kier molecular flexibility index (Phi) is 6.40. The fourth-order valence-electron chi connectivity index (χ4n) is 2.40. The Bertz CT molecular complexity index is 674. The Labute approximate surface area is 155 Å². The Morgan fingerprint density at radius 2 is 2.00 bits per heavy atom. The van der Waals surface area contributed by atoms with Crippen molar-refractivity contribution in [1.82, 2.24) is 25.1 Å². The average Bonchev–Trinajstić information content (AvgIpc) is 3.13. The van der Waals surface area contributed by atoms with E-state index in [2.05, 4.69) is 37.3 Å². The lowest BCUT2D eigenvalue weighted by Crippen LogP contribution is -2.49. The second kappa shape index (κ2) is 8.95. The van der Waals surface area contributed by atoms with Crippen LogP contribution >= 0.6 is 23.1 Å². The van der Waals surface area contributed by atoms with Crippen molar-refractivity contribution in [3.05, 3.63) is 18.5 Å². The van der Waals surface area contributed by atoms with Gasteiger partial charge in [-0.2, -0.15) is 0 Å². The molecule has 1 fully saturated rings. The molecule has 0 unspecified atom stereocenters. The third-order valence-corrected chi connectivity index (χ3v) is 5.72. The van der Waals surface area contributed by atoms with Crippen LogP contribution in [0.5, 0.6) is 0 Å². The molecule has 0 atom stereocenters. The molecule has 3 rings (SSSR count). The molecule has 10 heteroatoms. The molecule has 2 aromatic rings. The zero-order valence-electron chi connectivity index (χ0n) is 14.1. The number of piperazine rings is 1. The molecule has 0 aliphatic carbocycles. The second-order valence-electron chi connectivity index (χ2n) is 5.51. The minimum absolute atomic E-state index is 0.136. The van der Waals surface area contributed by atoms with Crippen LogP contribution in [0.15, 0.2) is 22.8 Å². The van der Waals surface area contributed by atoms with Crippen LogP contribution in [0.25, 0.3) is 0 Å². The number of anilines is 2. The lowest BCUT2D eigenvalue weighted by molar-refractivity contribution is -0.128. The number of rotatable bonds is 7. The van der Waals surface area contributed by atoms with Crippen molar-refractivity contribution in [3.63, 3.8) is 0 Å². The largest absolute Gasteiger partial charge is 0.360 e. The van der Waals surface area contributed by atoms with E-state index < -0.39 is 0 Å². The molecule has 0 aromatic carbocycles. The first kappa shape index (κ1) is 17.9. The van der Waals surface area contributed by atoms with Crippen LogP contribution in [-0.4, -0.2) is 69.4 Å². The second-order valence-corrected chi connectivity index (χ2v) is 7.71. The van der Waals surface area contributed by atoms with Gasteiger partial charge in [0.05, 0.1) is 5.75 Å². The summed E-state index contributed by atoms with van der Waals surface area (Å²) >= 11 is 2.94. The normalized spacial score (nSPS) is 14.6. The predicted molar refractivity (Wildman–Crippen MR) is 100 cm³/mol. The van der Waals surface area contributed by atoms with Gasteiger partial charge < -0.3 is 15.1 Å². The van der Waals surface area contributed by atoms with Gasteiger partial charge in [-0.05, 0) is 12.5 Å². The minimum atomic E-state index is 0.136. The molecule has 2 aromatic heterocycles. The maximum atomic E-state index is 12.4. The smallest absolute Gasteiger partial charge is 0.233 e. The minimum Gasteiger partial charge on any atom is -0.360 e. The molecule has 8 nitrogen and oxygen atoms in total. The highest BCUT2D eigenvalue weighted by Gasteiger charge is 2.22. The first-order valence-corrected chi connectivity index (χ1v) is 10.1. The Morgan fingerprint density at radius 3 is 2.72 bits per heavy atom. The van der Waals surface area contributed by atoms with Crippen LogP contribution in [0.4, 0.5) is 11.1 Å². The quantitative estimate of drug-likeness (QED) is 0.726. The van der Waals surface area contributed by atoms with Gasteiger partial charge >= 0.3 is 0 Å². The molecule has 25 heavy (non-hydrogen) atoms. The van der Waals surface area contributed by atoms with Gasteiger partial charge in [0.1, 0.15) is 0 Å². The molecule has 0 saturated carbocycles. The molecule has 1 saturated heterocycles. The number of amides is 1. The van der Waals surface area contributed by atoms with E-state index in [4.69, 9.17) is 0 Å². The fourth-order valence-corrected chi connectivity index (χ4v) is 4.08. The van der Waals surface area contributed by atoms with E-state index in [9.17, 15) is 4.79 Å². The number of hydrogen-bond acceptors (Lipinski definition) is 9. The van der Waals surface area contributed by atoms with Crippen LogP contribution in [0.2, 0.25) is 0 Å². The Hall–Kier alpha value is -1.94. The fraction of sp³-hybridized carbons (Fsp3) is 0.533. The van der Waals surface area contributed by atoms with Crippen molar-refractivity contribution in [3.8, 4) is 0 Å².